The first-order valence-corrected chi connectivity index (χ1v) is 43.3. The molecule has 0 saturated carbocycles. The Bertz CT molecular complexity index is 1180. The summed E-state index contributed by atoms with van der Waals surface area (Å²) in [5.74, 6) is 0. The maximum atomic E-state index is 9.73. The average molecular weight is 1120 g/mol. The summed E-state index contributed by atoms with van der Waals surface area (Å²) in [6.45, 7) is 26.5. The minimum Gasteiger partial charge on any atom is -0.437 e. The molecule has 0 saturated heterocycles. The summed E-state index contributed by atoms with van der Waals surface area (Å²) in [5, 5.41) is 37.8. The molecule has 434 valence electrons. The molecule has 0 bridgehead atoms. The molecule has 0 aromatic heterocycles. The minimum absolute atomic E-state index is 0.0480. The molecule has 0 aliphatic rings. The lowest BCUT2D eigenvalue weighted by Crippen LogP contribution is -2.60. The lowest BCUT2D eigenvalue weighted by molar-refractivity contribution is -0.132. The fourth-order valence-corrected chi connectivity index (χ4v) is 32.5. The van der Waals surface area contributed by atoms with Crippen LogP contribution in [0.1, 0.15) is 155 Å². The Labute approximate surface area is 447 Å². The van der Waals surface area contributed by atoms with Gasteiger partial charge in [0.1, 0.15) is 31.9 Å². The van der Waals surface area contributed by atoms with E-state index in [0.29, 0.717) is 38.9 Å². The first-order chi connectivity index (χ1) is 34.2. The fourth-order valence-electron chi connectivity index (χ4n) is 8.78. The van der Waals surface area contributed by atoms with Gasteiger partial charge in [-0.3, -0.25) is 0 Å². The number of rotatable bonds is 56. The Hall–Kier alpha value is 0.484. The first-order valence-electron chi connectivity index (χ1n) is 28.6. The van der Waals surface area contributed by atoms with Gasteiger partial charge in [0, 0.05) is 26.4 Å². The van der Waals surface area contributed by atoms with E-state index in [-0.39, 0.29) is 40.0 Å². The van der Waals surface area contributed by atoms with Gasteiger partial charge in [0.15, 0.2) is 16.6 Å². The molecule has 72 heavy (non-hydrogen) atoms. The molecule has 4 unspecified atom stereocenters. The van der Waals surface area contributed by atoms with Crippen molar-refractivity contribution in [2.24, 2.45) is 0 Å². The van der Waals surface area contributed by atoms with Crippen LogP contribution in [0.4, 0.5) is 0 Å². The van der Waals surface area contributed by atoms with E-state index in [2.05, 4.69) is 72.4 Å². The molecular weight excluding hydrogens is 1000 g/mol. The second-order valence-electron chi connectivity index (χ2n) is 22.7. The van der Waals surface area contributed by atoms with E-state index in [4.69, 9.17) is 49.6 Å². The van der Waals surface area contributed by atoms with Crippen LogP contribution in [0.3, 0.4) is 0 Å². The third kappa shape index (κ3) is 48.8. The molecule has 0 aliphatic heterocycles. The smallest absolute Gasteiger partial charge is 0.317 e. The van der Waals surface area contributed by atoms with Crippen LogP contribution in [-0.4, -0.2) is 167 Å². The zero-order valence-electron chi connectivity index (χ0n) is 48.4. The lowest BCUT2D eigenvalue weighted by atomic mass is 10.0. The predicted octanol–water partition coefficient (Wildman–Crippen LogP) is 11.7. The number of aliphatic hydroxyl groups is 4. The van der Waals surface area contributed by atoms with E-state index in [1.54, 1.807) is 0 Å². The number of hydrogen-bond acceptors (Lipinski definition) is 15. The van der Waals surface area contributed by atoms with Gasteiger partial charge in [0.2, 0.25) is 0 Å². The van der Waals surface area contributed by atoms with Crippen molar-refractivity contribution in [3.05, 3.63) is 0 Å². The number of ether oxygens (including phenoxy) is 7. The second kappa shape index (κ2) is 45.4. The highest BCUT2D eigenvalue weighted by Gasteiger charge is 2.48. The topological polar surface area (TPSA) is 182 Å². The Kier molecular flexibility index (Phi) is 45.7. The van der Waals surface area contributed by atoms with E-state index >= 15 is 0 Å². The number of hydrogen-bond donors (Lipinski definition) is 4. The summed E-state index contributed by atoms with van der Waals surface area (Å²) in [6.07, 6.45) is 27.3. The van der Waals surface area contributed by atoms with Gasteiger partial charge < -0.3 is 70.0 Å². The van der Waals surface area contributed by atoms with Gasteiger partial charge in [-0.25, -0.2) is 0 Å². The average Bonchev–Trinajstić information content (AvgIpc) is 3.28. The van der Waals surface area contributed by atoms with Crippen molar-refractivity contribution < 1.29 is 70.0 Å². The molecule has 0 aromatic rings. The summed E-state index contributed by atoms with van der Waals surface area (Å²) in [6, 6.07) is 1.40. The van der Waals surface area contributed by atoms with Crippen molar-refractivity contribution in [3.8, 4) is 0 Å². The first kappa shape index (κ1) is 72.5. The highest BCUT2D eigenvalue weighted by atomic mass is 28.5. The SMILES string of the molecule is CCCCCCCCCCCCCCCCCCCCCCOCOCOCCCOCCC[Si](C)(O[Si](C)(C)O[Si](C)(C)C)O[Si](C)(CCCOC(COCC(O)CO)COCC(O)CO)O[Si](C)(C)C. The molecule has 15 nitrogen and oxygen atoms in total. The van der Waals surface area contributed by atoms with Crippen molar-refractivity contribution in [3.63, 3.8) is 0 Å². The summed E-state index contributed by atoms with van der Waals surface area (Å²) in [5.41, 5.74) is 0. The van der Waals surface area contributed by atoms with Crippen LogP contribution in [0, 0.1) is 0 Å². The van der Waals surface area contributed by atoms with Gasteiger partial charge in [-0.05, 0) is 103 Å². The molecule has 0 fully saturated rings. The Balaban J connectivity index is 4.57. The van der Waals surface area contributed by atoms with E-state index in [9.17, 15) is 20.4 Å². The molecular formula is C52H116O15Si5. The van der Waals surface area contributed by atoms with E-state index in [1.807, 2.05) is 0 Å². The number of aliphatic hydroxyl groups excluding tert-OH is 4. The minimum atomic E-state index is -2.87. The zero-order valence-corrected chi connectivity index (χ0v) is 53.4. The Morgan fingerprint density at radius 3 is 1.15 bits per heavy atom. The summed E-state index contributed by atoms with van der Waals surface area (Å²) in [7, 11) is -12.2. The fraction of sp³-hybridized carbons (Fsp3) is 1.00. The van der Waals surface area contributed by atoms with E-state index < -0.39 is 73.8 Å². The molecule has 0 amide bonds. The lowest BCUT2D eigenvalue weighted by Gasteiger charge is -2.44. The summed E-state index contributed by atoms with van der Waals surface area (Å²) < 4.78 is 68.2. The van der Waals surface area contributed by atoms with Gasteiger partial charge in [-0.1, -0.05) is 129 Å². The maximum absolute atomic E-state index is 9.73. The largest absolute Gasteiger partial charge is 0.437 e. The van der Waals surface area contributed by atoms with Gasteiger partial charge in [0.05, 0.1) is 46.2 Å². The van der Waals surface area contributed by atoms with Crippen molar-refractivity contribution >= 4 is 42.3 Å². The van der Waals surface area contributed by atoms with Crippen molar-refractivity contribution in [1.82, 2.24) is 0 Å². The van der Waals surface area contributed by atoms with Crippen LogP contribution in [0.5, 0.6) is 0 Å². The van der Waals surface area contributed by atoms with Crippen LogP contribution in [0.2, 0.25) is 77.6 Å². The molecule has 0 aliphatic carbocycles. The molecule has 0 heterocycles. The van der Waals surface area contributed by atoms with Gasteiger partial charge in [0.25, 0.3) is 0 Å². The highest BCUT2D eigenvalue weighted by Crippen LogP contribution is 2.32. The maximum Gasteiger partial charge on any atom is 0.317 e. The Morgan fingerprint density at radius 2 is 0.722 bits per heavy atom. The Morgan fingerprint density at radius 1 is 0.347 bits per heavy atom. The standard InChI is InChI=1S/C52H116O15Si5/c1-12-13-14-15-16-17-18-19-20-21-22-23-24-25-26-27-28-29-30-31-35-58-48-62-49-59-37-32-36-57-38-33-40-72(11,66-70(8,9)64-68(2,3)4)67-71(10,65-69(5,6)7)41-34-39-63-52(46-60-44-50(55)42-53)47-61-45-51(56)43-54/h50-56H,12-49H2,1-11H3. The van der Waals surface area contributed by atoms with Crippen LogP contribution in [0.25, 0.3) is 0 Å². The zero-order chi connectivity index (χ0) is 53.9. The predicted molar refractivity (Wildman–Crippen MR) is 304 cm³/mol. The molecule has 0 radical (unpaired) electrons. The third-order valence-electron chi connectivity index (χ3n) is 11.7. The van der Waals surface area contributed by atoms with Crippen LogP contribution < -0.4 is 0 Å². The summed E-state index contributed by atoms with van der Waals surface area (Å²) >= 11 is 0. The monoisotopic (exact) mass is 1120 g/mol. The van der Waals surface area contributed by atoms with Crippen molar-refractivity contribution in [1.29, 1.82) is 0 Å². The van der Waals surface area contributed by atoms with Crippen molar-refractivity contribution in [2.45, 2.75) is 250 Å². The van der Waals surface area contributed by atoms with Gasteiger partial charge in [-0.15, -0.1) is 0 Å². The molecule has 0 rings (SSSR count). The molecule has 0 aromatic carbocycles. The molecule has 20 heteroatoms. The van der Waals surface area contributed by atoms with E-state index in [0.717, 1.165) is 31.9 Å². The molecule has 4 N–H and O–H groups in total. The van der Waals surface area contributed by atoms with E-state index in [1.165, 1.54) is 122 Å². The van der Waals surface area contributed by atoms with Gasteiger partial charge >= 0.3 is 25.7 Å². The number of unbranched alkanes of at least 4 members (excludes halogenated alkanes) is 19. The second-order valence-corrected chi connectivity index (χ2v) is 42.7. The van der Waals surface area contributed by atoms with Gasteiger partial charge in [-0.2, -0.15) is 0 Å². The third-order valence-corrected chi connectivity index (χ3v) is 30.0. The normalized spacial score (nSPS) is 15.7. The highest BCUT2D eigenvalue weighted by molar-refractivity contribution is 6.90. The molecule has 4 atom stereocenters. The molecule has 0 spiro atoms. The van der Waals surface area contributed by atoms with Crippen LogP contribution in [-0.2, 0) is 49.6 Å². The quantitative estimate of drug-likeness (QED) is 0.0256. The van der Waals surface area contributed by atoms with Crippen molar-refractivity contribution in [2.75, 3.05) is 86.3 Å². The summed E-state index contributed by atoms with van der Waals surface area (Å²) in [4.78, 5) is 0. The van der Waals surface area contributed by atoms with Crippen LogP contribution in [0.15, 0.2) is 0 Å². The van der Waals surface area contributed by atoms with Crippen LogP contribution >= 0.6 is 0 Å².